The fourth-order valence-electron chi connectivity index (χ4n) is 8.66. The van der Waals surface area contributed by atoms with Crippen LogP contribution in [0.5, 0.6) is 0 Å². The first-order valence-electron chi connectivity index (χ1n) is 17.3. The summed E-state index contributed by atoms with van der Waals surface area (Å²) >= 11 is 6.19. The summed E-state index contributed by atoms with van der Waals surface area (Å²) in [6.07, 6.45) is 15.5. The fraction of sp³-hybridized carbons (Fsp3) is 0.556. The Bertz CT molecular complexity index is 1700. The molecule has 2 aliphatic carbocycles. The molecule has 2 aromatic heterocycles. The molecule has 1 aliphatic heterocycles. The standard InChI is InChI=1S/C36H44ClFN6O3/c37-27-8-6-25(7-9-27)20-31(41-29-11-13-30(14-12-29)44-32-15-10-28(38)21-33(32)47-35(44)46)34(45)42-18-16-36(17-19-42,22-43-24-39-23-40-43)26-4-2-1-3-5-26/h6-10,15,21,23-24,26,29-31,41H,1-5,11-14,16-20,22H2/t29-,30-,31-/m1/s1. The van der Waals surface area contributed by atoms with Gasteiger partial charge in [0.2, 0.25) is 5.91 Å². The van der Waals surface area contributed by atoms with Crippen LogP contribution in [0.3, 0.4) is 0 Å². The molecule has 1 saturated heterocycles. The van der Waals surface area contributed by atoms with Gasteiger partial charge in [0.1, 0.15) is 18.5 Å². The van der Waals surface area contributed by atoms with E-state index in [1.54, 1.807) is 17.0 Å². The van der Waals surface area contributed by atoms with Crippen molar-refractivity contribution in [2.75, 3.05) is 13.1 Å². The summed E-state index contributed by atoms with van der Waals surface area (Å²) in [5, 5.41) is 8.89. The number of hydrogen-bond donors (Lipinski definition) is 1. The molecule has 0 bridgehead atoms. The molecule has 0 radical (unpaired) electrons. The van der Waals surface area contributed by atoms with Gasteiger partial charge in [-0.05, 0) is 98.9 Å². The lowest BCUT2D eigenvalue weighted by molar-refractivity contribution is -0.137. The van der Waals surface area contributed by atoms with Crippen LogP contribution >= 0.6 is 11.6 Å². The van der Waals surface area contributed by atoms with Gasteiger partial charge < -0.3 is 14.6 Å². The molecule has 2 aromatic carbocycles. The maximum atomic E-state index is 14.3. The van der Waals surface area contributed by atoms with Gasteiger partial charge in [-0.2, -0.15) is 5.10 Å². The highest BCUT2D eigenvalue weighted by Crippen LogP contribution is 2.47. The van der Waals surface area contributed by atoms with Gasteiger partial charge in [0.05, 0.1) is 11.6 Å². The molecule has 9 nitrogen and oxygen atoms in total. The van der Waals surface area contributed by atoms with Gasteiger partial charge in [-0.3, -0.25) is 14.0 Å². The molecule has 1 N–H and O–H groups in total. The first-order valence-corrected chi connectivity index (χ1v) is 17.7. The van der Waals surface area contributed by atoms with Crippen LogP contribution in [-0.2, 0) is 17.8 Å². The van der Waals surface area contributed by atoms with E-state index in [1.165, 1.54) is 44.2 Å². The van der Waals surface area contributed by atoms with E-state index in [2.05, 4.69) is 20.3 Å². The van der Waals surface area contributed by atoms with Crippen molar-refractivity contribution in [3.8, 4) is 0 Å². The van der Waals surface area contributed by atoms with Crippen LogP contribution in [0.2, 0.25) is 5.02 Å². The largest absolute Gasteiger partial charge is 0.420 e. The van der Waals surface area contributed by atoms with E-state index in [0.29, 0.717) is 22.9 Å². The highest BCUT2D eigenvalue weighted by atomic mass is 35.5. The van der Waals surface area contributed by atoms with Crippen LogP contribution < -0.4 is 11.1 Å². The maximum Gasteiger partial charge on any atom is 0.420 e. The van der Waals surface area contributed by atoms with Gasteiger partial charge in [0, 0.05) is 42.8 Å². The van der Waals surface area contributed by atoms with Crippen molar-refractivity contribution in [3.63, 3.8) is 0 Å². The molecule has 250 valence electrons. The van der Waals surface area contributed by atoms with Crippen molar-refractivity contribution in [2.45, 2.75) is 102 Å². The third-order valence-electron chi connectivity index (χ3n) is 11.2. The van der Waals surface area contributed by atoms with Gasteiger partial charge in [-0.15, -0.1) is 0 Å². The number of piperidine rings is 1. The van der Waals surface area contributed by atoms with Crippen LogP contribution in [0, 0.1) is 17.2 Å². The molecule has 1 atom stereocenters. The number of carbonyl (C=O) groups is 1. The number of oxazole rings is 1. The SMILES string of the molecule is O=C([C@@H](Cc1ccc(Cl)cc1)N[C@H]1CC[C@H](n2c(=O)oc3cc(F)ccc32)CC1)N1CCC(Cn2cncn2)(C2CCCCC2)CC1. The Kier molecular flexibility index (Phi) is 9.50. The summed E-state index contributed by atoms with van der Waals surface area (Å²) in [5.41, 5.74) is 2.10. The molecule has 3 aliphatic rings. The average molecular weight is 663 g/mol. The maximum absolute atomic E-state index is 14.3. The number of rotatable bonds is 9. The van der Waals surface area contributed by atoms with Gasteiger partial charge >= 0.3 is 5.76 Å². The summed E-state index contributed by atoms with van der Waals surface area (Å²) in [5.74, 6) is -0.0729. The van der Waals surface area contributed by atoms with Crippen LogP contribution in [0.15, 0.2) is 64.3 Å². The number of likely N-dealkylation sites (tertiary alicyclic amines) is 1. The fourth-order valence-corrected chi connectivity index (χ4v) is 8.78. The number of halogens is 2. The predicted octanol–water partition coefficient (Wildman–Crippen LogP) is 6.55. The number of carbonyl (C=O) groups excluding carboxylic acids is 1. The molecule has 3 fully saturated rings. The van der Waals surface area contributed by atoms with Crippen molar-refractivity contribution >= 4 is 28.6 Å². The summed E-state index contributed by atoms with van der Waals surface area (Å²) in [7, 11) is 0. The van der Waals surface area contributed by atoms with E-state index >= 15 is 0 Å². The van der Waals surface area contributed by atoms with E-state index in [1.807, 2.05) is 35.3 Å². The van der Waals surface area contributed by atoms with Crippen LogP contribution in [0.25, 0.3) is 11.1 Å². The van der Waals surface area contributed by atoms with Gasteiger partial charge in [-0.1, -0.05) is 43.0 Å². The summed E-state index contributed by atoms with van der Waals surface area (Å²) in [6, 6.07) is 11.8. The van der Waals surface area contributed by atoms with Gasteiger partial charge in [-0.25, -0.2) is 14.2 Å². The third-order valence-corrected chi connectivity index (χ3v) is 11.5. The zero-order valence-corrected chi connectivity index (χ0v) is 27.6. The molecule has 1 amide bonds. The number of benzene rings is 2. The lowest BCUT2D eigenvalue weighted by Crippen LogP contribution is -2.55. The van der Waals surface area contributed by atoms with Crippen molar-refractivity contribution < 1.29 is 13.6 Å². The van der Waals surface area contributed by atoms with Crippen LogP contribution in [-0.4, -0.2) is 55.3 Å². The highest BCUT2D eigenvalue weighted by Gasteiger charge is 2.44. The molecule has 3 heterocycles. The van der Waals surface area contributed by atoms with E-state index < -0.39 is 11.6 Å². The van der Waals surface area contributed by atoms with Crippen molar-refractivity contribution in [2.24, 2.45) is 11.3 Å². The molecule has 47 heavy (non-hydrogen) atoms. The smallest absolute Gasteiger partial charge is 0.408 e. The molecule has 2 saturated carbocycles. The van der Waals surface area contributed by atoms with Crippen molar-refractivity contribution in [1.82, 2.24) is 29.5 Å². The van der Waals surface area contributed by atoms with Crippen molar-refractivity contribution in [3.05, 3.63) is 82.1 Å². The van der Waals surface area contributed by atoms with Gasteiger partial charge in [0.25, 0.3) is 0 Å². The Morgan fingerprint density at radius 3 is 2.47 bits per heavy atom. The number of hydrogen-bond acceptors (Lipinski definition) is 6. The summed E-state index contributed by atoms with van der Waals surface area (Å²) < 4.78 is 22.8. The zero-order valence-electron chi connectivity index (χ0n) is 26.8. The second kappa shape index (κ2) is 13.9. The lowest BCUT2D eigenvalue weighted by Gasteiger charge is -2.48. The predicted molar refractivity (Wildman–Crippen MR) is 179 cm³/mol. The third kappa shape index (κ3) is 7.04. The van der Waals surface area contributed by atoms with Crippen molar-refractivity contribution in [1.29, 1.82) is 0 Å². The number of aromatic nitrogens is 4. The first-order chi connectivity index (χ1) is 22.9. The molecule has 0 spiro atoms. The van der Waals surface area contributed by atoms with Crippen LogP contribution in [0.4, 0.5) is 4.39 Å². The molecule has 7 rings (SSSR count). The Morgan fingerprint density at radius 2 is 1.77 bits per heavy atom. The molecule has 11 heteroatoms. The van der Waals surface area contributed by atoms with E-state index in [9.17, 15) is 14.0 Å². The minimum atomic E-state index is -0.448. The van der Waals surface area contributed by atoms with E-state index in [4.69, 9.17) is 16.0 Å². The number of nitrogens with one attached hydrogen (secondary N) is 1. The molecular weight excluding hydrogens is 619 g/mol. The normalized spacial score (nSPS) is 22.8. The first kappa shape index (κ1) is 32.1. The Morgan fingerprint density at radius 1 is 1.02 bits per heavy atom. The second-order valence-electron chi connectivity index (χ2n) is 14.0. The highest BCUT2D eigenvalue weighted by molar-refractivity contribution is 6.30. The summed E-state index contributed by atoms with van der Waals surface area (Å²) in [6.45, 7) is 2.35. The van der Waals surface area contributed by atoms with E-state index in [0.717, 1.165) is 63.7 Å². The quantitative estimate of drug-likeness (QED) is 0.218. The second-order valence-corrected chi connectivity index (χ2v) is 14.5. The molecule has 4 aromatic rings. The van der Waals surface area contributed by atoms with Gasteiger partial charge in [0.15, 0.2) is 5.58 Å². The monoisotopic (exact) mass is 662 g/mol. The number of amides is 1. The zero-order chi connectivity index (χ0) is 32.4. The van der Waals surface area contributed by atoms with Crippen LogP contribution in [0.1, 0.15) is 82.2 Å². The minimum Gasteiger partial charge on any atom is -0.408 e. The average Bonchev–Trinajstić information content (AvgIpc) is 3.72. The van der Waals surface area contributed by atoms with E-state index in [-0.39, 0.29) is 35.0 Å². The number of nitrogens with zero attached hydrogens (tertiary/aromatic N) is 5. The lowest BCUT2D eigenvalue weighted by atomic mass is 9.63. The Balaban J connectivity index is 1.04. The topological polar surface area (TPSA) is 98.2 Å². The summed E-state index contributed by atoms with van der Waals surface area (Å²) in [4.78, 5) is 33.4. The molecular formula is C36H44ClFN6O3. The number of fused-ring (bicyclic) bond motifs is 1. The minimum absolute atomic E-state index is 0.0299. The Labute approximate surface area is 279 Å². The molecule has 0 unspecified atom stereocenters. The Hall–Kier alpha value is -3.50.